The van der Waals surface area contributed by atoms with Crippen LogP contribution in [0.2, 0.25) is 0 Å². The summed E-state index contributed by atoms with van der Waals surface area (Å²) < 4.78 is 0. The molecule has 1 aliphatic heterocycles. The molecule has 0 radical (unpaired) electrons. The van der Waals surface area contributed by atoms with E-state index in [9.17, 15) is 5.11 Å². The third-order valence-corrected chi connectivity index (χ3v) is 4.03. The van der Waals surface area contributed by atoms with E-state index in [0.29, 0.717) is 0 Å². The molecule has 1 aromatic carbocycles. The SMILES string of the molecule is Cc1ccc(C)c(N2C(CO)CN(C)CC2(C)C)c1. The molecule has 19 heavy (non-hydrogen) atoms. The smallest absolute Gasteiger partial charge is 0.0654 e. The Balaban J connectivity index is 2.46. The van der Waals surface area contributed by atoms with Crippen LogP contribution >= 0.6 is 0 Å². The van der Waals surface area contributed by atoms with Crippen molar-refractivity contribution in [2.75, 3.05) is 31.6 Å². The summed E-state index contributed by atoms with van der Waals surface area (Å²) in [5, 5.41) is 9.76. The highest BCUT2D eigenvalue weighted by molar-refractivity contribution is 5.58. The van der Waals surface area contributed by atoms with Gasteiger partial charge in [0.25, 0.3) is 0 Å². The van der Waals surface area contributed by atoms with Crippen molar-refractivity contribution in [1.82, 2.24) is 4.90 Å². The first kappa shape index (κ1) is 14.4. The zero-order chi connectivity index (χ0) is 14.2. The number of hydrogen-bond donors (Lipinski definition) is 1. The highest BCUT2D eigenvalue weighted by Gasteiger charge is 2.39. The van der Waals surface area contributed by atoms with Crippen molar-refractivity contribution in [3.63, 3.8) is 0 Å². The fraction of sp³-hybridized carbons (Fsp3) is 0.625. The van der Waals surface area contributed by atoms with Gasteiger partial charge in [0.1, 0.15) is 0 Å². The molecule has 1 N–H and O–H groups in total. The topological polar surface area (TPSA) is 26.7 Å². The van der Waals surface area contributed by atoms with Crippen molar-refractivity contribution >= 4 is 5.69 Å². The van der Waals surface area contributed by atoms with Crippen LogP contribution in [0.25, 0.3) is 0 Å². The van der Waals surface area contributed by atoms with Gasteiger partial charge in [0.05, 0.1) is 12.6 Å². The number of benzene rings is 1. The number of aryl methyl sites for hydroxylation is 2. The quantitative estimate of drug-likeness (QED) is 0.885. The van der Waals surface area contributed by atoms with Crippen LogP contribution in [0.5, 0.6) is 0 Å². The van der Waals surface area contributed by atoms with E-state index in [1.165, 1.54) is 16.8 Å². The van der Waals surface area contributed by atoms with Crippen molar-refractivity contribution in [2.24, 2.45) is 0 Å². The van der Waals surface area contributed by atoms with Crippen LogP contribution in [-0.2, 0) is 0 Å². The molecule has 0 saturated carbocycles. The fourth-order valence-corrected chi connectivity index (χ4v) is 3.38. The summed E-state index contributed by atoms with van der Waals surface area (Å²) in [5.41, 5.74) is 3.84. The molecule has 0 bridgehead atoms. The first-order chi connectivity index (χ1) is 8.85. The van der Waals surface area contributed by atoms with Crippen LogP contribution in [0.4, 0.5) is 5.69 Å². The first-order valence-corrected chi connectivity index (χ1v) is 7.01. The van der Waals surface area contributed by atoms with E-state index >= 15 is 0 Å². The number of anilines is 1. The van der Waals surface area contributed by atoms with Gasteiger partial charge in [-0.2, -0.15) is 0 Å². The Kier molecular flexibility index (Phi) is 3.88. The highest BCUT2D eigenvalue weighted by Crippen LogP contribution is 2.33. The third kappa shape index (κ3) is 2.77. The predicted molar refractivity (Wildman–Crippen MR) is 80.8 cm³/mol. The lowest BCUT2D eigenvalue weighted by atomic mass is 9.92. The van der Waals surface area contributed by atoms with Gasteiger partial charge in [-0.15, -0.1) is 0 Å². The van der Waals surface area contributed by atoms with Crippen LogP contribution in [-0.4, -0.2) is 48.3 Å². The van der Waals surface area contributed by atoms with Gasteiger partial charge in [-0.05, 0) is 51.9 Å². The van der Waals surface area contributed by atoms with Crippen molar-refractivity contribution in [1.29, 1.82) is 0 Å². The molecule has 3 nitrogen and oxygen atoms in total. The second kappa shape index (κ2) is 5.14. The lowest BCUT2D eigenvalue weighted by molar-refractivity contribution is 0.137. The predicted octanol–water partition coefficient (Wildman–Crippen LogP) is 2.19. The van der Waals surface area contributed by atoms with Gasteiger partial charge in [-0.1, -0.05) is 12.1 Å². The molecule has 0 spiro atoms. The Morgan fingerprint density at radius 2 is 2.00 bits per heavy atom. The van der Waals surface area contributed by atoms with Crippen molar-refractivity contribution in [3.8, 4) is 0 Å². The zero-order valence-electron chi connectivity index (χ0n) is 12.8. The monoisotopic (exact) mass is 262 g/mol. The molecular formula is C16H26N2O. The second-order valence-electron chi connectivity index (χ2n) is 6.51. The van der Waals surface area contributed by atoms with Gasteiger partial charge in [0.2, 0.25) is 0 Å². The Hall–Kier alpha value is -1.06. The van der Waals surface area contributed by atoms with Crippen molar-refractivity contribution < 1.29 is 5.11 Å². The molecule has 1 fully saturated rings. The molecule has 106 valence electrons. The standard InChI is InChI=1S/C16H26N2O/c1-12-6-7-13(2)15(8-12)18-14(10-19)9-17(5)11-16(18,3)4/h6-8,14,19H,9-11H2,1-5H3. The van der Waals surface area contributed by atoms with E-state index in [4.69, 9.17) is 0 Å². The maximum Gasteiger partial charge on any atom is 0.0654 e. The number of aliphatic hydroxyl groups excluding tert-OH is 1. The van der Waals surface area contributed by atoms with Gasteiger partial charge in [0, 0.05) is 24.3 Å². The van der Waals surface area contributed by atoms with Crippen molar-refractivity contribution in [2.45, 2.75) is 39.3 Å². The summed E-state index contributed by atoms with van der Waals surface area (Å²) in [6, 6.07) is 6.73. The molecule has 1 aromatic rings. The van der Waals surface area contributed by atoms with Crippen LogP contribution in [0.15, 0.2) is 18.2 Å². The molecular weight excluding hydrogens is 236 g/mol. The summed E-state index contributed by atoms with van der Waals surface area (Å²) in [7, 11) is 2.13. The minimum Gasteiger partial charge on any atom is -0.394 e. The molecule has 2 rings (SSSR count). The van der Waals surface area contributed by atoms with E-state index in [1.807, 2.05) is 0 Å². The lowest BCUT2D eigenvalue weighted by Gasteiger charge is -2.52. The van der Waals surface area contributed by atoms with Crippen LogP contribution in [0, 0.1) is 13.8 Å². The molecule has 3 heteroatoms. The summed E-state index contributed by atoms with van der Waals surface area (Å²) in [6.45, 7) is 10.9. The third-order valence-electron chi connectivity index (χ3n) is 4.03. The summed E-state index contributed by atoms with van der Waals surface area (Å²) in [4.78, 5) is 4.72. The van der Waals surface area contributed by atoms with Gasteiger partial charge < -0.3 is 14.9 Å². The van der Waals surface area contributed by atoms with Gasteiger partial charge in [-0.25, -0.2) is 0 Å². The molecule has 1 saturated heterocycles. The number of rotatable bonds is 2. The normalized spacial score (nSPS) is 23.7. The Morgan fingerprint density at radius 3 is 2.63 bits per heavy atom. The minimum atomic E-state index is 0.0267. The number of aliphatic hydroxyl groups is 1. The van der Waals surface area contributed by atoms with Crippen LogP contribution in [0.1, 0.15) is 25.0 Å². The van der Waals surface area contributed by atoms with Crippen LogP contribution in [0.3, 0.4) is 0 Å². The van der Waals surface area contributed by atoms with Gasteiger partial charge in [0.15, 0.2) is 0 Å². The summed E-state index contributed by atoms with van der Waals surface area (Å²) >= 11 is 0. The lowest BCUT2D eigenvalue weighted by Crippen LogP contribution is -2.64. The number of hydrogen-bond acceptors (Lipinski definition) is 3. The van der Waals surface area contributed by atoms with E-state index in [0.717, 1.165) is 13.1 Å². The Bertz CT molecular complexity index is 456. The number of likely N-dealkylation sites (N-methyl/N-ethyl adjacent to an activating group) is 1. The maximum absolute atomic E-state index is 9.76. The number of piperazine rings is 1. The van der Waals surface area contributed by atoms with E-state index in [-0.39, 0.29) is 18.2 Å². The van der Waals surface area contributed by atoms with E-state index in [1.54, 1.807) is 0 Å². The molecule has 0 amide bonds. The molecule has 0 aliphatic carbocycles. The average molecular weight is 262 g/mol. The Morgan fingerprint density at radius 1 is 1.32 bits per heavy atom. The fourth-order valence-electron chi connectivity index (χ4n) is 3.38. The molecule has 1 atom stereocenters. The first-order valence-electron chi connectivity index (χ1n) is 7.01. The van der Waals surface area contributed by atoms with Crippen molar-refractivity contribution in [3.05, 3.63) is 29.3 Å². The largest absolute Gasteiger partial charge is 0.394 e. The Labute approximate surface area is 116 Å². The summed E-state index contributed by atoms with van der Waals surface area (Å²) in [6.07, 6.45) is 0. The van der Waals surface area contributed by atoms with Crippen LogP contribution < -0.4 is 4.90 Å². The zero-order valence-corrected chi connectivity index (χ0v) is 12.8. The molecule has 1 aliphatic rings. The maximum atomic E-state index is 9.76. The number of nitrogens with zero attached hydrogens (tertiary/aromatic N) is 2. The molecule has 1 heterocycles. The van der Waals surface area contributed by atoms with E-state index in [2.05, 4.69) is 62.7 Å². The van der Waals surface area contributed by atoms with E-state index < -0.39 is 0 Å². The van der Waals surface area contributed by atoms with Gasteiger partial charge >= 0.3 is 0 Å². The second-order valence-corrected chi connectivity index (χ2v) is 6.51. The average Bonchev–Trinajstić information content (AvgIpc) is 2.30. The molecule has 1 unspecified atom stereocenters. The molecule has 0 aromatic heterocycles. The highest BCUT2D eigenvalue weighted by atomic mass is 16.3. The summed E-state index contributed by atoms with van der Waals surface area (Å²) in [5.74, 6) is 0. The minimum absolute atomic E-state index is 0.0267. The van der Waals surface area contributed by atoms with Gasteiger partial charge in [-0.3, -0.25) is 0 Å².